The average Bonchev–Trinajstić information content (AvgIpc) is 3.36. The molecule has 0 N–H and O–H groups in total. The average molecular weight is 976 g/mol. The van der Waals surface area contributed by atoms with Crippen LogP contribution >= 0.6 is 0 Å². The first kappa shape index (κ1) is 66.6. The number of carbonyl (C=O) groups excluding carboxylic acids is 3. The highest BCUT2D eigenvalue weighted by Crippen LogP contribution is 2.15. The smallest absolute Gasteiger partial charge is 0.306 e. The van der Waals surface area contributed by atoms with Crippen LogP contribution in [0.3, 0.4) is 0 Å². The molecular weight excluding hydrogens is 865 g/mol. The van der Waals surface area contributed by atoms with Gasteiger partial charge in [0.05, 0.1) is 0 Å². The van der Waals surface area contributed by atoms with E-state index in [9.17, 15) is 14.4 Å². The van der Waals surface area contributed by atoms with E-state index in [4.69, 9.17) is 14.2 Å². The normalized spacial score (nSPS) is 12.7. The third kappa shape index (κ3) is 55.5. The fourth-order valence-electron chi connectivity index (χ4n) is 8.09. The van der Waals surface area contributed by atoms with Crippen LogP contribution in [0.5, 0.6) is 0 Å². The Hall–Kier alpha value is -3.41. The quantitative estimate of drug-likeness (QED) is 0.0261. The summed E-state index contributed by atoms with van der Waals surface area (Å²) in [7, 11) is 0. The van der Waals surface area contributed by atoms with Crippen LogP contribution in [0.2, 0.25) is 0 Å². The number of allylic oxidation sites excluding steroid dienone is 14. The van der Waals surface area contributed by atoms with Crippen molar-refractivity contribution >= 4 is 17.9 Å². The van der Waals surface area contributed by atoms with Crippen molar-refractivity contribution in [3.05, 3.63) is 85.1 Å². The molecule has 0 bridgehead atoms. The molecule has 402 valence electrons. The summed E-state index contributed by atoms with van der Waals surface area (Å²) in [5, 5.41) is 0. The highest BCUT2D eigenvalue weighted by atomic mass is 16.6. The zero-order chi connectivity index (χ0) is 50.7. The highest BCUT2D eigenvalue weighted by molar-refractivity contribution is 5.71. The highest BCUT2D eigenvalue weighted by Gasteiger charge is 2.19. The van der Waals surface area contributed by atoms with Gasteiger partial charge in [-0.2, -0.15) is 0 Å². The van der Waals surface area contributed by atoms with Gasteiger partial charge in [0.1, 0.15) is 13.2 Å². The predicted octanol–water partition coefficient (Wildman–Crippen LogP) is 19.9. The van der Waals surface area contributed by atoms with Crippen LogP contribution in [-0.2, 0) is 28.6 Å². The van der Waals surface area contributed by atoms with Crippen LogP contribution in [0.1, 0.15) is 284 Å². The molecule has 6 heteroatoms. The third-order valence-corrected chi connectivity index (χ3v) is 12.6. The first-order chi connectivity index (χ1) is 34.5. The van der Waals surface area contributed by atoms with Crippen LogP contribution in [0, 0.1) is 0 Å². The molecule has 0 saturated carbocycles. The minimum atomic E-state index is -0.792. The standard InChI is InChI=1S/C64H110O6/c1-4-7-10-13-16-19-22-25-27-28-29-30-31-32-33-34-35-36-37-40-42-45-48-51-54-57-63(66)69-60-61(59-68-62(65)56-53-50-47-44-41-38-24-21-18-15-12-9-6-3)70-64(67)58-55-52-49-46-43-39-26-23-20-17-14-11-8-5-2/h12,14-15,17,21-26,28-29,31-32,61H,4-11,13,16,18-20,27,30,33-60H2,1-3H3/b15-12-,17-14-,24-21-,25-22-,26-23-,29-28-,32-31-. The number of carbonyl (C=O) groups is 3. The van der Waals surface area contributed by atoms with Crippen molar-refractivity contribution in [1.29, 1.82) is 0 Å². The van der Waals surface area contributed by atoms with Crippen molar-refractivity contribution in [1.82, 2.24) is 0 Å². The van der Waals surface area contributed by atoms with E-state index in [1.54, 1.807) is 0 Å². The Kier molecular flexibility index (Phi) is 55.3. The second-order valence-electron chi connectivity index (χ2n) is 19.5. The number of unbranched alkanes of at least 4 members (excludes halogenated alkanes) is 28. The van der Waals surface area contributed by atoms with E-state index in [0.29, 0.717) is 19.3 Å². The second-order valence-corrected chi connectivity index (χ2v) is 19.5. The Balaban J connectivity index is 4.31. The van der Waals surface area contributed by atoms with E-state index in [0.717, 1.165) is 128 Å². The largest absolute Gasteiger partial charge is 0.462 e. The fraction of sp³-hybridized carbons (Fsp3) is 0.734. The summed E-state index contributed by atoms with van der Waals surface area (Å²) < 4.78 is 16.8. The molecule has 70 heavy (non-hydrogen) atoms. The van der Waals surface area contributed by atoms with Crippen LogP contribution in [0.25, 0.3) is 0 Å². The van der Waals surface area contributed by atoms with Gasteiger partial charge in [0.2, 0.25) is 0 Å². The molecule has 0 spiro atoms. The summed E-state index contributed by atoms with van der Waals surface area (Å²) in [6.07, 6.45) is 75.8. The van der Waals surface area contributed by atoms with Gasteiger partial charge in [-0.25, -0.2) is 0 Å². The zero-order valence-electron chi connectivity index (χ0n) is 46.0. The zero-order valence-corrected chi connectivity index (χ0v) is 46.0. The predicted molar refractivity (Wildman–Crippen MR) is 302 cm³/mol. The van der Waals surface area contributed by atoms with E-state index >= 15 is 0 Å². The molecule has 1 atom stereocenters. The van der Waals surface area contributed by atoms with Gasteiger partial charge in [-0.15, -0.1) is 0 Å². The summed E-state index contributed by atoms with van der Waals surface area (Å²) in [5.74, 6) is -0.916. The molecular formula is C64H110O6. The first-order valence-corrected chi connectivity index (χ1v) is 29.6. The lowest BCUT2D eigenvalue weighted by molar-refractivity contribution is -0.167. The van der Waals surface area contributed by atoms with Gasteiger partial charge in [-0.05, 0) is 109 Å². The summed E-state index contributed by atoms with van der Waals surface area (Å²) in [4.78, 5) is 38.1. The summed E-state index contributed by atoms with van der Waals surface area (Å²) in [6.45, 7) is 6.51. The van der Waals surface area contributed by atoms with E-state index in [1.165, 1.54) is 116 Å². The van der Waals surface area contributed by atoms with Crippen LogP contribution in [-0.4, -0.2) is 37.2 Å². The lowest BCUT2D eigenvalue weighted by atomic mass is 10.1. The van der Waals surface area contributed by atoms with Gasteiger partial charge in [-0.3, -0.25) is 14.4 Å². The molecule has 0 aliphatic rings. The lowest BCUT2D eigenvalue weighted by Gasteiger charge is -2.18. The monoisotopic (exact) mass is 975 g/mol. The van der Waals surface area contributed by atoms with Gasteiger partial charge in [0.15, 0.2) is 6.10 Å². The Morgan fingerprint density at radius 1 is 0.286 bits per heavy atom. The molecule has 0 aliphatic carbocycles. The van der Waals surface area contributed by atoms with Crippen molar-refractivity contribution in [3.63, 3.8) is 0 Å². The van der Waals surface area contributed by atoms with Gasteiger partial charge in [0, 0.05) is 19.3 Å². The Labute approximate surface area is 433 Å². The summed E-state index contributed by atoms with van der Waals surface area (Å²) >= 11 is 0. The van der Waals surface area contributed by atoms with Gasteiger partial charge >= 0.3 is 17.9 Å². The van der Waals surface area contributed by atoms with Crippen LogP contribution in [0.15, 0.2) is 85.1 Å². The molecule has 0 aliphatic heterocycles. The number of ether oxygens (including phenoxy) is 3. The molecule has 0 aromatic carbocycles. The molecule has 0 fully saturated rings. The number of hydrogen-bond acceptors (Lipinski definition) is 6. The Bertz CT molecular complexity index is 1350. The third-order valence-electron chi connectivity index (χ3n) is 12.6. The molecule has 6 nitrogen and oxygen atoms in total. The Morgan fingerprint density at radius 3 is 0.900 bits per heavy atom. The van der Waals surface area contributed by atoms with Crippen molar-refractivity contribution in [3.8, 4) is 0 Å². The van der Waals surface area contributed by atoms with Gasteiger partial charge in [-0.1, -0.05) is 241 Å². The topological polar surface area (TPSA) is 78.9 Å². The minimum Gasteiger partial charge on any atom is -0.462 e. The second kappa shape index (κ2) is 58.2. The molecule has 0 aromatic heterocycles. The van der Waals surface area contributed by atoms with Crippen molar-refractivity contribution in [2.45, 2.75) is 290 Å². The van der Waals surface area contributed by atoms with Crippen molar-refractivity contribution in [2.24, 2.45) is 0 Å². The summed E-state index contributed by atoms with van der Waals surface area (Å²) in [6, 6.07) is 0. The van der Waals surface area contributed by atoms with E-state index in [-0.39, 0.29) is 31.1 Å². The lowest BCUT2D eigenvalue weighted by Crippen LogP contribution is -2.30. The van der Waals surface area contributed by atoms with Crippen molar-refractivity contribution < 1.29 is 28.6 Å². The van der Waals surface area contributed by atoms with E-state index in [2.05, 4.69) is 106 Å². The molecule has 0 amide bonds. The summed E-state index contributed by atoms with van der Waals surface area (Å²) in [5.41, 5.74) is 0. The van der Waals surface area contributed by atoms with Crippen LogP contribution < -0.4 is 0 Å². The molecule has 0 radical (unpaired) electrons. The number of rotatable bonds is 53. The fourth-order valence-corrected chi connectivity index (χ4v) is 8.09. The molecule has 1 unspecified atom stereocenters. The maximum Gasteiger partial charge on any atom is 0.306 e. The van der Waals surface area contributed by atoms with E-state index in [1.807, 2.05) is 0 Å². The first-order valence-electron chi connectivity index (χ1n) is 29.6. The van der Waals surface area contributed by atoms with Gasteiger partial charge < -0.3 is 14.2 Å². The Morgan fingerprint density at radius 2 is 0.557 bits per heavy atom. The van der Waals surface area contributed by atoms with Gasteiger partial charge in [0.25, 0.3) is 0 Å². The molecule has 0 saturated heterocycles. The number of hydrogen-bond donors (Lipinski definition) is 0. The minimum absolute atomic E-state index is 0.0888. The maximum absolute atomic E-state index is 12.8. The van der Waals surface area contributed by atoms with Crippen molar-refractivity contribution in [2.75, 3.05) is 13.2 Å². The maximum atomic E-state index is 12.8. The SMILES string of the molecule is CCC/C=C\C/C=C\CCCCCCCC(=O)OCC(COC(=O)CCCCCCCCCCCC/C=C\C/C=C\C/C=C\CCCCCCC)OC(=O)CCCCCCC/C=C\C/C=C\CCCC. The molecule has 0 aromatic rings. The number of esters is 3. The van der Waals surface area contributed by atoms with E-state index < -0.39 is 6.10 Å². The van der Waals surface area contributed by atoms with Crippen LogP contribution in [0.4, 0.5) is 0 Å². The molecule has 0 rings (SSSR count). The molecule has 0 heterocycles.